The van der Waals surface area contributed by atoms with Crippen molar-refractivity contribution in [3.05, 3.63) is 76.4 Å². The fourth-order valence-electron chi connectivity index (χ4n) is 4.64. The van der Waals surface area contributed by atoms with Crippen molar-refractivity contribution in [3.63, 3.8) is 0 Å². The molecule has 1 aliphatic rings. The van der Waals surface area contributed by atoms with Crippen LogP contribution < -0.4 is 0 Å². The molecular formula is C29H33F3. The van der Waals surface area contributed by atoms with Crippen LogP contribution in [0.4, 0.5) is 13.2 Å². The lowest BCUT2D eigenvalue weighted by atomic mass is 9.76. The van der Waals surface area contributed by atoms with E-state index in [2.05, 4.69) is 30.9 Å². The molecule has 0 unspecified atom stereocenters. The topological polar surface area (TPSA) is 0 Å². The first-order chi connectivity index (χ1) is 15.5. The predicted molar refractivity (Wildman–Crippen MR) is 127 cm³/mol. The number of benzene rings is 2. The highest BCUT2D eigenvalue weighted by Gasteiger charge is 2.23. The minimum atomic E-state index is -1.11. The van der Waals surface area contributed by atoms with Crippen molar-refractivity contribution in [1.29, 1.82) is 0 Å². The number of halogens is 3. The van der Waals surface area contributed by atoms with Crippen LogP contribution in [0.25, 0.3) is 5.83 Å². The Balaban J connectivity index is 1.77. The molecule has 2 aromatic rings. The van der Waals surface area contributed by atoms with Gasteiger partial charge in [-0.2, -0.15) is 0 Å². The van der Waals surface area contributed by atoms with Gasteiger partial charge in [-0.25, -0.2) is 13.2 Å². The Labute approximate surface area is 190 Å². The SMILES string of the molecule is CCCCC(F)=C(F)c1ccc(C#Cc2ccccc2C2CCC(CCC)CC2)cc1F. The van der Waals surface area contributed by atoms with Crippen LogP contribution >= 0.6 is 0 Å². The van der Waals surface area contributed by atoms with E-state index in [9.17, 15) is 13.2 Å². The van der Waals surface area contributed by atoms with Gasteiger partial charge in [0.15, 0.2) is 5.83 Å². The van der Waals surface area contributed by atoms with Gasteiger partial charge in [0.05, 0.1) is 0 Å². The van der Waals surface area contributed by atoms with Gasteiger partial charge < -0.3 is 0 Å². The monoisotopic (exact) mass is 438 g/mol. The van der Waals surface area contributed by atoms with E-state index >= 15 is 0 Å². The van der Waals surface area contributed by atoms with Crippen molar-refractivity contribution in [2.75, 3.05) is 0 Å². The van der Waals surface area contributed by atoms with Crippen LogP contribution in [0.1, 0.15) is 99.8 Å². The van der Waals surface area contributed by atoms with Crippen molar-refractivity contribution in [3.8, 4) is 11.8 Å². The molecule has 0 heterocycles. The van der Waals surface area contributed by atoms with Crippen LogP contribution in [0, 0.1) is 23.6 Å². The number of hydrogen-bond donors (Lipinski definition) is 0. The molecule has 170 valence electrons. The molecule has 2 aromatic carbocycles. The fraction of sp³-hybridized carbons (Fsp3) is 0.448. The molecule has 0 saturated heterocycles. The highest BCUT2D eigenvalue weighted by Crippen LogP contribution is 2.38. The molecule has 3 heteroatoms. The lowest BCUT2D eigenvalue weighted by molar-refractivity contribution is 0.308. The second-order valence-electron chi connectivity index (χ2n) is 8.86. The number of rotatable bonds is 7. The van der Waals surface area contributed by atoms with Crippen LogP contribution in [-0.4, -0.2) is 0 Å². The number of hydrogen-bond acceptors (Lipinski definition) is 0. The summed E-state index contributed by atoms with van der Waals surface area (Å²) in [7, 11) is 0. The van der Waals surface area contributed by atoms with Crippen molar-refractivity contribution in [2.24, 2.45) is 5.92 Å². The molecule has 0 N–H and O–H groups in total. The number of allylic oxidation sites excluding steroid dienone is 1. The van der Waals surface area contributed by atoms with Gasteiger partial charge in [0, 0.05) is 23.1 Å². The van der Waals surface area contributed by atoms with Gasteiger partial charge in [-0.1, -0.05) is 63.1 Å². The third-order valence-electron chi connectivity index (χ3n) is 6.48. The first-order valence-corrected chi connectivity index (χ1v) is 12.0. The summed E-state index contributed by atoms with van der Waals surface area (Å²) in [4.78, 5) is 0. The van der Waals surface area contributed by atoms with E-state index in [0.29, 0.717) is 17.9 Å². The molecule has 0 aliphatic heterocycles. The van der Waals surface area contributed by atoms with Crippen LogP contribution in [0.3, 0.4) is 0 Å². The van der Waals surface area contributed by atoms with Crippen LogP contribution in [0.2, 0.25) is 0 Å². The van der Waals surface area contributed by atoms with Crippen LogP contribution in [0.5, 0.6) is 0 Å². The van der Waals surface area contributed by atoms with E-state index in [-0.39, 0.29) is 12.0 Å². The minimum Gasteiger partial charge on any atom is -0.209 e. The van der Waals surface area contributed by atoms with Gasteiger partial charge in [-0.05, 0) is 73.8 Å². The van der Waals surface area contributed by atoms with E-state index in [1.54, 1.807) is 6.07 Å². The maximum Gasteiger partial charge on any atom is 0.164 e. The number of unbranched alkanes of at least 4 members (excludes halogenated alkanes) is 1. The summed E-state index contributed by atoms with van der Waals surface area (Å²) in [5.41, 5.74) is 2.34. The van der Waals surface area contributed by atoms with E-state index < -0.39 is 17.5 Å². The zero-order valence-corrected chi connectivity index (χ0v) is 19.2. The van der Waals surface area contributed by atoms with Gasteiger partial charge >= 0.3 is 0 Å². The van der Waals surface area contributed by atoms with Crippen LogP contribution in [0.15, 0.2) is 48.3 Å². The molecule has 1 aliphatic carbocycles. The summed E-state index contributed by atoms with van der Waals surface area (Å²) >= 11 is 0. The lowest BCUT2D eigenvalue weighted by Gasteiger charge is -2.29. The van der Waals surface area contributed by atoms with E-state index in [1.807, 2.05) is 19.1 Å². The normalized spacial score (nSPS) is 19.2. The molecule has 0 atom stereocenters. The summed E-state index contributed by atoms with van der Waals surface area (Å²) in [5.74, 6) is 4.77. The first-order valence-electron chi connectivity index (χ1n) is 12.0. The van der Waals surface area contributed by atoms with E-state index in [4.69, 9.17) is 0 Å². The minimum absolute atomic E-state index is 0.0134. The molecule has 1 fully saturated rings. The Morgan fingerprint density at radius 1 is 0.938 bits per heavy atom. The highest BCUT2D eigenvalue weighted by atomic mass is 19.2. The van der Waals surface area contributed by atoms with E-state index in [0.717, 1.165) is 17.9 Å². The lowest BCUT2D eigenvalue weighted by Crippen LogP contribution is -2.14. The summed E-state index contributed by atoms with van der Waals surface area (Å²) in [5, 5.41) is 0. The average molecular weight is 439 g/mol. The molecule has 0 bridgehead atoms. The van der Waals surface area contributed by atoms with Crippen molar-refractivity contribution in [1.82, 2.24) is 0 Å². The Morgan fingerprint density at radius 2 is 1.69 bits per heavy atom. The predicted octanol–water partition coefficient (Wildman–Crippen LogP) is 9.10. The zero-order valence-electron chi connectivity index (χ0n) is 19.2. The van der Waals surface area contributed by atoms with Gasteiger partial charge in [0.1, 0.15) is 11.6 Å². The average Bonchev–Trinajstić information content (AvgIpc) is 2.82. The quantitative estimate of drug-likeness (QED) is 0.378. The third-order valence-corrected chi connectivity index (χ3v) is 6.48. The zero-order chi connectivity index (χ0) is 22.9. The van der Waals surface area contributed by atoms with Crippen molar-refractivity contribution in [2.45, 2.75) is 77.6 Å². The maximum absolute atomic E-state index is 14.5. The molecule has 0 aromatic heterocycles. The van der Waals surface area contributed by atoms with Gasteiger partial charge in [0.2, 0.25) is 0 Å². The van der Waals surface area contributed by atoms with E-state index in [1.165, 1.54) is 56.2 Å². The standard InChI is InChI=1S/C29H33F3/c1-3-5-11-27(30)29(32)26-19-15-22(20-28(26)31)14-18-23-9-6-7-10-25(23)24-16-12-21(8-4-2)13-17-24/h6-7,9-10,15,19-21,24H,3-5,8,11-13,16-17H2,1-2H3. The summed E-state index contributed by atoms with van der Waals surface area (Å²) in [6, 6.07) is 12.2. The van der Waals surface area contributed by atoms with Gasteiger partial charge in [0.25, 0.3) is 0 Å². The Morgan fingerprint density at radius 3 is 2.38 bits per heavy atom. The first kappa shape index (κ1) is 24.2. The molecule has 0 spiro atoms. The smallest absolute Gasteiger partial charge is 0.164 e. The van der Waals surface area contributed by atoms with Gasteiger partial charge in [-0.3, -0.25) is 0 Å². The molecule has 0 nitrogen and oxygen atoms in total. The second-order valence-corrected chi connectivity index (χ2v) is 8.86. The molecule has 0 radical (unpaired) electrons. The molecule has 3 rings (SSSR count). The summed E-state index contributed by atoms with van der Waals surface area (Å²) in [6.07, 6.45) is 8.72. The third kappa shape index (κ3) is 6.28. The Bertz CT molecular complexity index is 985. The highest BCUT2D eigenvalue weighted by molar-refractivity contribution is 5.62. The fourth-order valence-corrected chi connectivity index (χ4v) is 4.64. The molecule has 0 amide bonds. The van der Waals surface area contributed by atoms with Gasteiger partial charge in [-0.15, -0.1) is 0 Å². The van der Waals surface area contributed by atoms with Crippen molar-refractivity contribution < 1.29 is 13.2 Å². The molecule has 1 saturated carbocycles. The van der Waals surface area contributed by atoms with Crippen molar-refractivity contribution >= 4 is 5.83 Å². The largest absolute Gasteiger partial charge is 0.209 e. The molecular weight excluding hydrogens is 405 g/mol. The second kappa shape index (κ2) is 12.0. The Kier molecular flexibility index (Phi) is 9.03. The summed E-state index contributed by atoms with van der Waals surface area (Å²) in [6.45, 7) is 4.15. The van der Waals surface area contributed by atoms with Crippen LogP contribution in [-0.2, 0) is 0 Å². The Hall–Kier alpha value is -2.47. The maximum atomic E-state index is 14.5. The molecule has 32 heavy (non-hydrogen) atoms. The summed E-state index contributed by atoms with van der Waals surface area (Å²) < 4.78 is 42.6.